The monoisotopic (exact) mass is 337 g/mol. The third kappa shape index (κ3) is 3.65. The maximum Gasteiger partial charge on any atom is 0.251 e. The van der Waals surface area contributed by atoms with Crippen LogP contribution in [0.1, 0.15) is 27.9 Å². The number of hydrogen-bond acceptors (Lipinski definition) is 3. The first-order valence-electron chi connectivity index (χ1n) is 8.39. The van der Waals surface area contributed by atoms with Crippen molar-refractivity contribution in [3.63, 3.8) is 0 Å². The molecule has 0 saturated carbocycles. The number of carbonyl (C=O) groups excluding carboxylic acids is 2. The fraction of sp³-hybridized carbons (Fsp3) is 0.300. The summed E-state index contributed by atoms with van der Waals surface area (Å²) in [4.78, 5) is 27.7. The molecule has 3 rings (SSSR count). The molecule has 0 spiro atoms. The van der Waals surface area contributed by atoms with Crippen LogP contribution in [0.3, 0.4) is 0 Å². The zero-order valence-corrected chi connectivity index (χ0v) is 14.9. The highest BCUT2D eigenvalue weighted by atomic mass is 16.2. The van der Waals surface area contributed by atoms with Crippen molar-refractivity contribution in [2.24, 2.45) is 0 Å². The van der Waals surface area contributed by atoms with Gasteiger partial charge in [-0.15, -0.1) is 0 Å². The Hall–Kier alpha value is -2.82. The summed E-state index contributed by atoms with van der Waals surface area (Å²) in [7, 11) is 5.74. The van der Waals surface area contributed by atoms with Gasteiger partial charge in [-0.1, -0.05) is 12.1 Å². The van der Waals surface area contributed by atoms with Crippen LogP contribution in [0.5, 0.6) is 0 Å². The predicted octanol–water partition coefficient (Wildman–Crippen LogP) is 2.59. The first-order valence-corrected chi connectivity index (χ1v) is 8.39. The molecule has 0 aromatic heterocycles. The third-order valence-corrected chi connectivity index (χ3v) is 4.59. The molecule has 0 bridgehead atoms. The summed E-state index contributed by atoms with van der Waals surface area (Å²) in [6.07, 6.45) is 1.30. The van der Waals surface area contributed by atoms with Gasteiger partial charge in [-0.25, -0.2) is 0 Å². The van der Waals surface area contributed by atoms with Crippen LogP contribution in [0.15, 0.2) is 42.5 Å². The number of benzene rings is 2. The van der Waals surface area contributed by atoms with E-state index in [9.17, 15) is 9.59 Å². The van der Waals surface area contributed by atoms with E-state index in [-0.39, 0.29) is 11.8 Å². The Morgan fingerprint density at radius 3 is 2.52 bits per heavy atom. The fourth-order valence-electron chi connectivity index (χ4n) is 3.02. The predicted molar refractivity (Wildman–Crippen MR) is 100 cm³/mol. The largest absolute Gasteiger partial charge is 0.378 e. The van der Waals surface area contributed by atoms with Crippen molar-refractivity contribution in [2.75, 3.05) is 30.9 Å². The molecule has 130 valence electrons. The number of fused-ring (bicyclic) bond motifs is 1. The molecule has 25 heavy (non-hydrogen) atoms. The SMILES string of the molecule is CN(C)c1ccc(C(=O)NCc2ccc3c(c2)CCC(=O)N3C)cc1. The van der Waals surface area contributed by atoms with Crippen molar-refractivity contribution in [3.05, 3.63) is 59.2 Å². The summed E-state index contributed by atoms with van der Waals surface area (Å²) < 4.78 is 0. The number of amides is 2. The first-order chi connectivity index (χ1) is 12.0. The number of rotatable bonds is 4. The lowest BCUT2D eigenvalue weighted by Crippen LogP contribution is -2.31. The molecule has 2 aromatic carbocycles. The van der Waals surface area contributed by atoms with Crippen LogP contribution in [0.2, 0.25) is 0 Å². The van der Waals surface area contributed by atoms with Crippen molar-refractivity contribution >= 4 is 23.2 Å². The normalized spacial score (nSPS) is 13.4. The minimum atomic E-state index is -0.0877. The van der Waals surface area contributed by atoms with Gasteiger partial charge >= 0.3 is 0 Å². The van der Waals surface area contributed by atoms with E-state index in [1.54, 1.807) is 11.9 Å². The average Bonchev–Trinajstić information content (AvgIpc) is 2.63. The van der Waals surface area contributed by atoms with Gasteiger partial charge < -0.3 is 15.1 Å². The van der Waals surface area contributed by atoms with Gasteiger partial charge in [0.2, 0.25) is 5.91 Å². The van der Waals surface area contributed by atoms with Crippen LogP contribution in [-0.2, 0) is 17.8 Å². The molecule has 0 fully saturated rings. The van der Waals surface area contributed by atoms with Crippen molar-refractivity contribution in [3.8, 4) is 0 Å². The first kappa shape index (κ1) is 17.0. The number of aryl methyl sites for hydroxylation is 1. The van der Waals surface area contributed by atoms with Gasteiger partial charge in [-0.3, -0.25) is 9.59 Å². The molecule has 0 unspecified atom stereocenters. The standard InChI is InChI=1S/C20H23N3O2/c1-22(2)17-8-5-15(6-9-17)20(25)21-13-14-4-10-18-16(12-14)7-11-19(24)23(18)3/h4-6,8-10,12H,7,11,13H2,1-3H3,(H,21,25). The molecule has 1 N–H and O–H groups in total. The van der Waals surface area contributed by atoms with Crippen molar-refractivity contribution in [1.29, 1.82) is 0 Å². The molecule has 1 aliphatic rings. The van der Waals surface area contributed by atoms with Crippen LogP contribution in [-0.4, -0.2) is 33.0 Å². The molecular weight excluding hydrogens is 314 g/mol. The average molecular weight is 337 g/mol. The quantitative estimate of drug-likeness (QED) is 0.933. The van der Waals surface area contributed by atoms with E-state index in [1.807, 2.05) is 55.4 Å². The van der Waals surface area contributed by atoms with Gasteiger partial charge in [0.05, 0.1) is 0 Å². The van der Waals surface area contributed by atoms with E-state index >= 15 is 0 Å². The Bertz CT molecular complexity index is 797. The maximum atomic E-state index is 12.3. The van der Waals surface area contributed by atoms with Crippen molar-refractivity contribution in [2.45, 2.75) is 19.4 Å². The van der Waals surface area contributed by atoms with E-state index in [4.69, 9.17) is 0 Å². The van der Waals surface area contributed by atoms with Crippen LogP contribution >= 0.6 is 0 Å². The lowest BCUT2D eigenvalue weighted by Gasteiger charge is -2.26. The zero-order chi connectivity index (χ0) is 18.0. The lowest BCUT2D eigenvalue weighted by molar-refractivity contribution is -0.118. The number of hydrogen-bond donors (Lipinski definition) is 1. The van der Waals surface area contributed by atoms with E-state index in [0.29, 0.717) is 18.5 Å². The smallest absolute Gasteiger partial charge is 0.251 e. The van der Waals surface area contributed by atoms with Crippen LogP contribution < -0.4 is 15.1 Å². The summed E-state index contributed by atoms with van der Waals surface area (Å²) in [6, 6.07) is 13.5. The summed E-state index contributed by atoms with van der Waals surface area (Å²) >= 11 is 0. The topological polar surface area (TPSA) is 52.7 Å². The highest BCUT2D eigenvalue weighted by molar-refractivity contribution is 5.96. The van der Waals surface area contributed by atoms with Crippen molar-refractivity contribution < 1.29 is 9.59 Å². The summed E-state index contributed by atoms with van der Waals surface area (Å²) in [5, 5.41) is 2.96. The molecule has 2 amide bonds. The van der Waals surface area contributed by atoms with Crippen molar-refractivity contribution in [1.82, 2.24) is 5.32 Å². The van der Waals surface area contributed by atoms with Gasteiger partial charge in [-0.2, -0.15) is 0 Å². The molecule has 5 heteroatoms. The molecular formula is C20H23N3O2. The molecule has 1 aliphatic heterocycles. The maximum absolute atomic E-state index is 12.3. The van der Waals surface area contributed by atoms with Crippen LogP contribution in [0, 0.1) is 0 Å². The number of nitrogens with zero attached hydrogens (tertiary/aromatic N) is 2. The highest BCUT2D eigenvalue weighted by Crippen LogP contribution is 2.27. The Morgan fingerprint density at radius 1 is 1.12 bits per heavy atom. The Balaban J connectivity index is 1.65. The second kappa shape index (κ2) is 6.97. The van der Waals surface area contributed by atoms with Crippen LogP contribution in [0.25, 0.3) is 0 Å². The second-order valence-electron chi connectivity index (χ2n) is 6.54. The van der Waals surface area contributed by atoms with E-state index in [2.05, 4.69) is 11.4 Å². The number of nitrogens with one attached hydrogen (secondary N) is 1. The summed E-state index contributed by atoms with van der Waals surface area (Å²) in [5.41, 5.74) is 4.87. The Labute approximate surface area is 148 Å². The van der Waals surface area contributed by atoms with E-state index in [0.717, 1.165) is 28.9 Å². The molecule has 0 aliphatic carbocycles. The summed E-state index contributed by atoms with van der Waals surface area (Å²) in [6.45, 7) is 0.471. The number of anilines is 2. The van der Waals surface area contributed by atoms with Gasteiger partial charge in [0, 0.05) is 51.0 Å². The molecule has 1 heterocycles. The van der Waals surface area contributed by atoms with Crippen LogP contribution in [0.4, 0.5) is 11.4 Å². The minimum absolute atomic E-state index is 0.0877. The Kier molecular flexibility index (Phi) is 4.74. The zero-order valence-electron chi connectivity index (χ0n) is 14.9. The minimum Gasteiger partial charge on any atom is -0.378 e. The second-order valence-corrected chi connectivity index (χ2v) is 6.54. The third-order valence-electron chi connectivity index (χ3n) is 4.59. The van der Waals surface area contributed by atoms with Gasteiger partial charge in [0.1, 0.15) is 0 Å². The fourth-order valence-corrected chi connectivity index (χ4v) is 3.02. The molecule has 0 saturated heterocycles. The van der Waals surface area contributed by atoms with E-state index < -0.39 is 0 Å². The molecule has 0 radical (unpaired) electrons. The van der Waals surface area contributed by atoms with E-state index in [1.165, 1.54) is 0 Å². The number of carbonyl (C=O) groups is 2. The van der Waals surface area contributed by atoms with Gasteiger partial charge in [0.25, 0.3) is 5.91 Å². The van der Waals surface area contributed by atoms with Gasteiger partial charge in [0.15, 0.2) is 0 Å². The molecule has 0 atom stereocenters. The lowest BCUT2D eigenvalue weighted by atomic mass is 9.99. The summed E-state index contributed by atoms with van der Waals surface area (Å²) in [5.74, 6) is 0.0602. The highest BCUT2D eigenvalue weighted by Gasteiger charge is 2.20. The Morgan fingerprint density at radius 2 is 1.84 bits per heavy atom. The van der Waals surface area contributed by atoms with Gasteiger partial charge in [-0.05, 0) is 47.9 Å². The molecule has 2 aromatic rings. The molecule has 5 nitrogen and oxygen atoms in total.